The van der Waals surface area contributed by atoms with E-state index in [9.17, 15) is 0 Å². The Morgan fingerprint density at radius 2 is 1.18 bits per heavy atom. The van der Waals surface area contributed by atoms with Crippen molar-refractivity contribution in [2.45, 2.75) is 38.5 Å². The summed E-state index contributed by atoms with van der Waals surface area (Å²) in [6.07, 6.45) is 0. The summed E-state index contributed by atoms with van der Waals surface area (Å²) < 4.78 is 9.28. The van der Waals surface area contributed by atoms with Crippen molar-refractivity contribution in [3.8, 4) is 11.1 Å². The molecule has 1 aliphatic rings. The fourth-order valence-corrected chi connectivity index (χ4v) is 8.62. The van der Waals surface area contributed by atoms with Crippen LogP contribution < -0.4 is 4.90 Å². The number of benzene rings is 6. The third-order valence-corrected chi connectivity index (χ3v) is 11.8. The maximum absolute atomic E-state index is 6.64. The van der Waals surface area contributed by atoms with Gasteiger partial charge in [-0.25, -0.2) is 0 Å². The molecular formula is C42H33NOS. The van der Waals surface area contributed by atoms with Crippen molar-refractivity contribution in [2.24, 2.45) is 0 Å². The normalized spacial score (nSPS) is 15.0. The van der Waals surface area contributed by atoms with Crippen LogP contribution in [0.1, 0.15) is 38.8 Å². The van der Waals surface area contributed by atoms with E-state index in [1.807, 2.05) is 11.3 Å². The summed E-state index contributed by atoms with van der Waals surface area (Å²) >= 11 is 1.86. The summed E-state index contributed by atoms with van der Waals surface area (Å²) in [6, 6.07) is 46.5. The van der Waals surface area contributed by atoms with Crippen LogP contribution >= 0.6 is 11.3 Å². The average molecular weight is 600 g/mol. The Kier molecular flexibility index (Phi) is 5.50. The summed E-state index contributed by atoms with van der Waals surface area (Å²) in [5, 5.41) is 4.96. The lowest BCUT2D eigenvalue weighted by molar-refractivity contribution is 0.299. The lowest BCUT2D eigenvalue weighted by Crippen LogP contribution is -2.43. The predicted octanol–water partition coefficient (Wildman–Crippen LogP) is 12.7. The smallest absolute Gasteiger partial charge is 0.143 e. The van der Waals surface area contributed by atoms with Crippen molar-refractivity contribution in [1.82, 2.24) is 0 Å². The van der Waals surface area contributed by atoms with Crippen molar-refractivity contribution in [3.63, 3.8) is 0 Å². The Bertz CT molecular complexity index is 2440. The molecular weight excluding hydrogens is 567 g/mol. The van der Waals surface area contributed by atoms with E-state index in [1.54, 1.807) is 0 Å². The quantitative estimate of drug-likeness (QED) is 0.201. The number of rotatable bonds is 3. The standard InChI is InChI=1S/C42H33NOS/c1-41(2)34-22-21-31-29-14-8-10-16-36(29)44-40(31)39(34)32-20-18-28(25-35(32)42(41,3)4)43(26-12-6-5-7-13-26)27-19-23-38-33(24-27)30-15-9-11-17-37(30)45-38/h5-25H,1-4H3. The van der Waals surface area contributed by atoms with Crippen molar-refractivity contribution < 1.29 is 4.42 Å². The minimum absolute atomic E-state index is 0.132. The molecule has 8 aromatic rings. The molecule has 0 amide bonds. The molecule has 6 aromatic carbocycles. The van der Waals surface area contributed by atoms with Gasteiger partial charge in [0.2, 0.25) is 0 Å². The molecule has 0 unspecified atom stereocenters. The van der Waals surface area contributed by atoms with Crippen molar-refractivity contribution in [2.75, 3.05) is 4.90 Å². The van der Waals surface area contributed by atoms with Gasteiger partial charge in [-0.2, -0.15) is 0 Å². The number of anilines is 3. The molecule has 0 saturated carbocycles. The number of thiophene rings is 1. The van der Waals surface area contributed by atoms with Gasteiger partial charge in [-0.3, -0.25) is 0 Å². The second-order valence-electron chi connectivity index (χ2n) is 13.4. The van der Waals surface area contributed by atoms with Gasteiger partial charge in [0.1, 0.15) is 11.2 Å². The number of nitrogens with zero attached hydrogens (tertiary/aromatic N) is 1. The van der Waals surface area contributed by atoms with Crippen LogP contribution in [0.2, 0.25) is 0 Å². The summed E-state index contributed by atoms with van der Waals surface area (Å²) in [6.45, 7) is 9.58. The first-order valence-corrected chi connectivity index (χ1v) is 16.5. The highest BCUT2D eigenvalue weighted by molar-refractivity contribution is 7.25. The van der Waals surface area contributed by atoms with Gasteiger partial charge in [0.15, 0.2) is 0 Å². The molecule has 2 heterocycles. The van der Waals surface area contributed by atoms with Gasteiger partial charge in [0, 0.05) is 53.6 Å². The largest absolute Gasteiger partial charge is 0.455 e. The molecule has 45 heavy (non-hydrogen) atoms. The zero-order chi connectivity index (χ0) is 30.5. The third-order valence-electron chi connectivity index (χ3n) is 10.6. The van der Waals surface area contributed by atoms with Crippen LogP contribution in [0.15, 0.2) is 132 Å². The van der Waals surface area contributed by atoms with Gasteiger partial charge in [-0.15, -0.1) is 11.3 Å². The summed E-state index contributed by atoms with van der Waals surface area (Å²) in [7, 11) is 0. The molecule has 0 radical (unpaired) electrons. The molecule has 2 aromatic heterocycles. The van der Waals surface area contributed by atoms with E-state index in [0.717, 1.165) is 28.2 Å². The van der Waals surface area contributed by atoms with Crippen LogP contribution in [0.3, 0.4) is 0 Å². The van der Waals surface area contributed by atoms with Crippen LogP contribution in [-0.2, 0) is 10.8 Å². The molecule has 0 fully saturated rings. The molecule has 0 spiro atoms. The van der Waals surface area contributed by atoms with E-state index >= 15 is 0 Å². The van der Waals surface area contributed by atoms with Gasteiger partial charge < -0.3 is 9.32 Å². The Morgan fingerprint density at radius 1 is 0.511 bits per heavy atom. The Morgan fingerprint density at radius 3 is 2.02 bits per heavy atom. The fourth-order valence-electron chi connectivity index (χ4n) is 7.53. The first-order valence-electron chi connectivity index (χ1n) is 15.7. The zero-order valence-corrected chi connectivity index (χ0v) is 26.7. The molecule has 0 N–H and O–H groups in total. The van der Waals surface area contributed by atoms with Crippen molar-refractivity contribution >= 4 is 70.5 Å². The van der Waals surface area contributed by atoms with Crippen LogP contribution in [0.25, 0.3) is 53.2 Å². The van der Waals surface area contributed by atoms with Crippen molar-refractivity contribution in [3.05, 3.63) is 139 Å². The van der Waals surface area contributed by atoms with Crippen LogP contribution in [0.5, 0.6) is 0 Å². The van der Waals surface area contributed by atoms with E-state index in [0.29, 0.717) is 0 Å². The van der Waals surface area contributed by atoms with Gasteiger partial charge in [0.05, 0.1) is 0 Å². The summed E-state index contributed by atoms with van der Waals surface area (Å²) in [4.78, 5) is 2.41. The maximum atomic E-state index is 6.64. The summed E-state index contributed by atoms with van der Waals surface area (Å²) in [5.74, 6) is 0. The SMILES string of the molecule is CC1(C)c2cc(N(c3ccccc3)c3ccc4sc5ccccc5c4c3)ccc2-c2c(ccc3c2oc2ccccc23)C1(C)C. The van der Waals surface area contributed by atoms with E-state index in [2.05, 4.69) is 160 Å². The molecule has 9 rings (SSSR count). The van der Waals surface area contributed by atoms with Crippen LogP contribution in [0.4, 0.5) is 17.1 Å². The molecule has 0 atom stereocenters. The molecule has 0 aliphatic heterocycles. The lowest BCUT2D eigenvalue weighted by Gasteiger charge is -2.48. The van der Waals surface area contributed by atoms with Crippen LogP contribution in [0, 0.1) is 0 Å². The van der Waals surface area contributed by atoms with Gasteiger partial charge in [0.25, 0.3) is 0 Å². The van der Waals surface area contributed by atoms with Gasteiger partial charge in [-0.1, -0.05) is 100 Å². The highest BCUT2D eigenvalue weighted by Gasteiger charge is 2.47. The Balaban J connectivity index is 1.30. The Hall–Kier alpha value is -4.86. The molecule has 0 saturated heterocycles. The summed E-state index contributed by atoms with van der Waals surface area (Å²) in [5.41, 5.74) is 10.3. The first-order chi connectivity index (χ1) is 21.8. The second-order valence-corrected chi connectivity index (χ2v) is 14.5. The maximum Gasteiger partial charge on any atom is 0.143 e. The van der Waals surface area contributed by atoms with E-state index in [1.165, 1.54) is 53.2 Å². The highest BCUT2D eigenvalue weighted by Crippen LogP contribution is 2.57. The molecule has 1 aliphatic carbocycles. The van der Waals surface area contributed by atoms with Crippen LogP contribution in [-0.4, -0.2) is 0 Å². The van der Waals surface area contributed by atoms with Crippen molar-refractivity contribution in [1.29, 1.82) is 0 Å². The number of hydrogen-bond donors (Lipinski definition) is 0. The van der Waals surface area contributed by atoms with E-state index < -0.39 is 0 Å². The lowest BCUT2D eigenvalue weighted by atomic mass is 9.55. The second kappa shape index (κ2) is 9.32. The number of para-hydroxylation sites is 2. The monoisotopic (exact) mass is 599 g/mol. The number of furan rings is 1. The third kappa shape index (κ3) is 3.68. The molecule has 0 bridgehead atoms. The van der Waals surface area contributed by atoms with Gasteiger partial charge >= 0.3 is 0 Å². The topological polar surface area (TPSA) is 16.4 Å². The first kappa shape index (κ1) is 26.5. The van der Waals surface area contributed by atoms with E-state index in [-0.39, 0.29) is 10.8 Å². The highest BCUT2D eigenvalue weighted by atomic mass is 32.1. The number of hydrogen-bond acceptors (Lipinski definition) is 3. The fraction of sp³-hybridized carbons (Fsp3) is 0.143. The van der Waals surface area contributed by atoms with E-state index in [4.69, 9.17) is 4.42 Å². The molecule has 218 valence electrons. The molecule has 3 heteroatoms. The minimum Gasteiger partial charge on any atom is -0.455 e. The van der Waals surface area contributed by atoms with Gasteiger partial charge in [-0.05, 0) is 82.1 Å². The number of fused-ring (bicyclic) bond motifs is 10. The average Bonchev–Trinajstić information content (AvgIpc) is 3.63. The zero-order valence-electron chi connectivity index (χ0n) is 25.9. The predicted molar refractivity (Wildman–Crippen MR) is 193 cm³/mol. The molecule has 2 nitrogen and oxygen atoms in total. The minimum atomic E-state index is -0.138. The Labute approximate surface area is 267 Å².